The Bertz CT molecular complexity index is 1940. The Kier molecular flexibility index (Phi) is 23.3. The van der Waals surface area contributed by atoms with Crippen molar-refractivity contribution in [3.05, 3.63) is 95.1 Å². The van der Waals surface area contributed by atoms with Crippen molar-refractivity contribution in [2.24, 2.45) is 11.6 Å². The summed E-state index contributed by atoms with van der Waals surface area (Å²) < 4.78 is 0. The molecule has 350 valence electrons. The van der Waals surface area contributed by atoms with Crippen molar-refractivity contribution >= 4 is 46.5 Å². The summed E-state index contributed by atoms with van der Waals surface area (Å²) in [6.45, 7) is 6.31. The second-order valence-corrected chi connectivity index (χ2v) is 16.9. The lowest BCUT2D eigenvalue weighted by Crippen LogP contribution is -2.48. The second-order valence-electron chi connectivity index (χ2n) is 16.9. The van der Waals surface area contributed by atoms with Gasteiger partial charge in [0.1, 0.15) is 6.04 Å². The van der Waals surface area contributed by atoms with Crippen LogP contribution in [0.1, 0.15) is 152 Å². The molecular formula is C51H76N8O5. The van der Waals surface area contributed by atoms with E-state index >= 15 is 0 Å². The number of benzene rings is 3. The number of aryl methyl sites for hydroxylation is 1. The van der Waals surface area contributed by atoms with Gasteiger partial charge >= 0.3 is 6.03 Å². The first-order valence-electron chi connectivity index (χ1n) is 24.0. The summed E-state index contributed by atoms with van der Waals surface area (Å²) in [6, 6.07) is 21.8. The lowest BCUT2D eigenvalue weighted by molar-refractivity contribution is -0.123. The predicted molar refractivity (Wildman–Crippen MR) is 260 cm³/mol. The zero-order chi connectivity index (χ0) is 45.9. The van der Waals surface area contributed by atoms with Crippen LogP contribution in [0.3, 0.4) is 0 Å². The molecule has 1 aliphatic heterocycles. The van der Waals surface area contributed by atoms with Gasteiger partial charge in [-0.05, 0) is 87.1 Å². The number of hydrazine groups is 1. The van der Waals surface area contributed by atoms with E-state index < -0.39 is 12.1 Å². The van der Waals surface area contributed by atoms with Crippen LogP contribution in [-0.4, -0.2) is 66.2 Å². The monoisotopic (exact) mass is 881 g/mol. The van der Waals surface area contributed by atoms with Crippen LogP contribution in [0.4, 0.5) is 16.2 Å². The van der Waals surface area contributed by atoms with Crippen molar-refractivity contribution in [3.63, 3.8) is 0 Å². The van der Waals surface area contributed by atoms with E-state index in [2.05, 4.69) is 28.2 Å². The molecule has 1 atom stereocenters. The fourth-order valence-corrected chi connectivity index (χ4v) is 8.12. The van der Waals surface area contributed by atoms with Gasteiger partial charge in [-0.25, -0.2) is 10.6 Å². The molecule has 1 aliphatic rings. The lowest BCUT2D eigenvalue weighted by atomic mass is 9.95. The maximum Gasteiger partial charge on any atom is 0.319 e. The van der Waals surface area contributed by atoms with Crippen molar-refractivity contribution in [1.29, 1.82) is 0 Å². The van der Waals surface area contributed by atoms with Crippen molar-refractivity contribution in [3.8, 4) is 0 Å². The maximum absolute atomic E-state index is 14.1. The maximum atomic E-state index is 14.1. The van der Waals surface area contributed by atoms with Gasteiger partial charge in [-0.3, -0.25) is 14.4 Å². The van der Waals surface area contributed by atoms with Gasteiger partial charge in [0.15, 0.2) is 0 Å². The molecule has 0 aliphatic carbocycles. The summed E-state index contributed by atoms with van der Waals surface area (Å²) >= 11 is 0. The standard InChI is InChI=1S/C51H76N8O5/c1-3-5-6-7-8-9-19-33-54-46(61)31-16-17-32-47(62)58-38-40-25-12-13-27-42(40)48(52)49(43-28-14-15-30-45(43)58)59(53)35-21-18-29-44(50(63)55-34-20-10-11-22-36-60)57-51(64)56-41-26-23-24-39(4-2)37-41/h12-15,23-28,30,37,44,60H,3-11,16-22,29,31-36,38,52-53H2,1-2H3,(H,54,61)(H,55,63)(H2,56,57,64)/b49-48-. The molecule has 0 radical (unpaired) electrons. The molecule has 0 fully saturated rings. The predicted octanol–water partition coefficient (Wildman–Crippen LogP) is 8.51. The first-order chi connectivity index (χ1) is 31.2. The number of carbonyl (C=O) groups excluding carboxylic acids is 4. The molecular weight excluding hydrogens is 805 g/mol. The number of rotatable bonds is 29. The van der Waals surface area contributed by atoms with Crippen LogP contribution in [0, 0.1) is 0 Å². The number of hydrogen-bond acceptors (Lipinski definition) is 8. The number of hydrogen-bond donors (Lipinski definition) is 7. The van der Waals surface area contributed by atoms with E-state index in [4.69, 9.17) is 16.7 Å². The van der Waals surface area contributed by atoms with Crippen molar-refractivity contribution < 1.29 is 24.3 Å². The van der Waals surface area contributed by atoms with Gasteiger partial charge in [0.2, 0.25) is 17.7 Å². The van der Waals surface area contributed by atoms with Crippen LogP contribution in [0.2, 0.25) is 0 Å². The SMILES string of the molecule is CCCCCCCCCNC(=O)CCCCC(=O)N1Cc2ccccc2/C(N)=C(/N(N)CCCCC(NC(=O)Nc2cccc(CC)c2)C(=O)NCCCCCCO)c2ccccc21. The number of nitrogens with one attached hydrogen (secondary N) is 4. The fraction of sp³-hybridized carbons (Fsp3) is 0.529. The van der Waals surface area contributed by atoms with E-state index in [-0.39, 0.29) is 30.7 Å². The first-order valence-corrected chi connectivity index (χ1v) is 24.0. The molecule has 9 N–H and O–H groups in total. The third kappa shape index (κ3) is 17.3. The zero-order valence-corrected chi connectivity index (χ0v) is 38.6. The molecule has 1 unspecified atom stereocenters. The van der Waals surface area contributed by atoms with Gasteiger partial charge in [-0.1, -0.05) is 120 Å². The summed E-state index contributed by atoms with van der Waals surface area (Å²) in [6.07, 6.45) is 15.9. The van der Waals surface area contributed by atoms with Crippen LogP contribution in [-0.2, 0) is 27.3 Å². The number of fused-ring (bicyclic) bond motifs is 2. The van der Waals surface area contributed by atoms with Gasteiger partial charge in [0, 0.05) is 55.9 Å². The Morgan fingerprint density at radius 2 is 1.41 bits per heavy atom. The highest BCUT2D eigenvalue weighted by molar-refractivity contribution is 6.01. The van der Waals surface area contributed by atoms with Crippen molar-refractivity contribution in [2.75, 3.05) is 36.5 Å². The first kappa shape index (κ1) is 51.2. The topological polar surface area (TPSA) is 195 Å². The number of carbonyl (C=O) groups is 4. The Morgan fingerprint density at radius 1 is 0.734 bits per heavy atom. The van der Waals surface area contributed by atoms with Crippen LogP contribution < -0.4 is 37.7 Å². The van der Waals surface area contributed by atoms with E-state index in [1.807, 2.05) is 79.7 Å². The number of aliphatic hydroxyl groups excluding tert-OH is 1. The highest BCUT2D eigenvalue weighted by Crippen LogP contribution is 2.37. The molecule has 0 saturated heterocycles. The summed E-state index contributed by atoms with van der Waals surface area (Å²) in [5, 5.41) is 22.5. The molecule has 0 spiro atoms. The van der Waals surface area contributed by atoms with Crippen LogP contribution in [0.25, 0.3) is 11.4 Å². The third-order valence-corrected chi connectivity index (χ3v) is 11.8. The molecule has 0 aromatic heterocycles. The Morgan fingerprint density at radius 3 is 2.16 bits per heavy atom. The lowest BCUT2D eigenvalue weighted by Gasteiger charge is -2.33. The Labute approximate surface area is 382 Å². The minimum atomic E-state index is -0.778. The molecule has 5 amide bonds. The minimum Gasteiger partial charge on any atom is -0.396 e. The molecule has 3 aromatic carbocycles. The summed E-state index contributed by atoms with van der Waals surface area (Å²) in [5.74, 6) is 6.65. The van der Waals surface area contributed by atoms with E-state index in [0.717, 1.165) is 67.2 Å². The number of anilines is 2. The fourth-order valence-electron chi connectivity index (χ4n) is 8.12. The number of nitrogens with zero attached hydrogens (tertiary/aromatic N) is 2. The van der Waals surface area contributed by atoms with Gasteiger partial charge in [-0.15, -0.1) is 0 Å². The molecule has 1 heterocycles. The number of nitrogens with two attached hydrogens (primary N) is 2. The normalized spacial score (nSPS) is 13.8. The number of aliphatic hydroxyl groups is 1. The highest BCUT2D eigenvalue weighted by Gasteiger charge is 2.28. The molecule has 3 aromatic rings. The smallest absolute Gasteiger partial charge is 0.319 e. The van der Waals surface area contributed by atoms with E-state index in [1.165, 1.54) is 32.1 Å². The zero-order valence-electron chi connectivity index (χ0n) is 38.6. The number of amides is 5. The van der Waals surface area contributed by atoms with Crippen LogP contribution in [0.5, 0.6) is 0 Å². The number of unbranched alkanes of at least 4 members (excludes halogenated alkanes) is 11. The van der Waals surface area contributed by atoms with E-state index in [9.17, 15) is 19.2 Å². The van der Waals surface area contributed by atoms with Gasteiger partial charge in [0.05, 0.1) is 23.6 Å². The van der Waals surface area contributed by atoms with Crippen molar-refractivity contribution in [2.45, 2.75) is 148 Å². The van der Waals surface area contributed by atoms with Crippen LogP contribution in [0.15, 0.2) is 72.8 Å². The van der Waals surface area contributed by atoms with Gasteiger partial charge in [-0.2, -0.15) is 0 Å². The molecule has 13 heteroatoms. The van der Waals surface area contributed by atoms with Gasteiger partial charge in [0.25, 0.3) is 0 Å². The summed E-state index contributed by atoms with van der Waals surface area (Å²) in [5.41, 5.74) is 13.0. The molecule has 64 heavy (non-hydrogen) atoms. The third-order valence-electron chi connectivity index (χ3n) is 11.8. The Hall–Kier alpha value is -5.40. The highest BCUT2D eigenvalue weighted by atomic mass is 16.3. The molecule has 4 rings (SSSR count). The van der Waals surface area contributed by atoms with E-state index in [0.29, 0.717) is 87.5 Å². The number of para-hydroxylation sites is 1. The number of urea groups is 1. The summed E-state index contributed by atoms with van der Waals surface area (Å²) in [7, 11) is 0. The average Bonchev–Trinajstić information content (AvgIpc) is 3.29. The molecule has 0 saturated carbocycles. The molecule has 13 nitrogen and oxygen atoms in total. The second kappa shape index (κ2) is 29.1. The summed E-state index contributed by atoms with van der Waals surface area (Å²) in [4.78, 5) is 55.1. The van der Waals surface area contributed by atoms with Crippen molar-refractivity contribution in [1.82, 2.24) is 21.0 Å². The molecule has 0 bridgehead atoms. The van der Waals surface area contributed by atoms with Gasteiger partial charge < -0.3 is 42.0 Å². The van der Waals surface area contributed by atoms with E-state index in [1.54, 1.807) is 9.91 Å². The minimum absolute atomic E-state index is 0.0348. The Balaban J connectivity index is 1.39. The largest absolute Gasteiger partial charge is 0.396 e. The average molecular weight is 881 g/mol. The van der Waals surface area contributed by atoms with Crippen LogP contribution >= 0.6 is 0 Å². The quantitative estimate of drug-likeness (QED) is 0.0205.